The molecule has 17 heavy (non-hydrogen) atoms. The summed E-state index contributed by atoms with van der Waals surface area (Å²) in [7, 11) is 0. The molecule has 0 aromatic heterocycles. The summed E-state index contributed by atoms with van der Waals surface area (Å²) < 4.78 is 0. The third-order valence-electron chi connectivity index (χ3n) is 5.46. The van der Waals surface area contributed by atoms with Crippen molar-refractivity contribution in [2.45, 2.75) is 71.1 Å². The van der Waals surface area contributed by atoms with Crippen molar-refractivity contribution in [1.29, 1.82) is 0 Å². The number of hydrogen-bond donors (Lipinski definition) is 1. The molecule has 2 aliphatic carbocycles. The molecular formula is C16H31N. The van der Waals surface area contributed by atoms with Crippen LogP contribution >= 0.6 is 0 Å². The van der Waals surface area contributed by atoms with E-state index in [0.29, 0.717) is 0 Å². The van der Waals surface area contributed by atoms with Gasteiger partial charge in [-0.15, -0.1) is 0 Å². The second kappa shape index (κ2) is 6.78. The third-order valence-corrected chi connectivity index (χ3v) is 5.46. The monoisotopic (exact) mass is 237 g/mol. The van der Waals surface area contributed by atoms with Crippen LogP contribution < -0.4 is 5.73 Å². The first kappa shape index (κ1) is 13.4. The van der Waals surface area contributed by atoms with Gasteiger partial charge in [0.05, 0.1) is 0 Å². The van der Waals surface area contributed by atoms with Gasteiger partial charge in [0.2, 0.25) is 0 Å². The molecule has 0 spiro atoms. The summed E-state index contributed by atoms with van der Waals surface area (Å²) in [5, 5.41) is 0. The summed E-state index contributed by atoms with van der Waals surface area (Å²) >= 11 is 0. The van der Waals surface area contributed by atoms with Crippen LogP contribution in [0, 0.1) is 23.7 Å². The Kier molecular flexibility index (Phi) is 5.34. The highest BCUT2D eigenvalue weighted by molar-refractivity contribution is 4.87. The van der Waals surface area contributed by atoms with Crippen molar-refractivity contribution in [2.75, 3.05) is 6.54 Å². The standard InChI is InChI=1S/C16H31N/c1-2-3-5-15-12-16-9-8-13(16)6-4-7-14(15)10-11-17/h13-16H,2-12,17H2,1H3. The molecule has 0 saturated heterocycles. The number of unbranched alkanes of at least 4 members (excludes halogenated alkanes) is 1. The predicted molar refractivity (Wildman–Crippen MR) is 74.9 cm³/mol. The van der Waals surface area contributed by atoms with Crippen molar-refractivity contribution >= 4 is 0 Å². The fourth-order valence-electron chi connectivity index (χ4n) is 4.20. The summed E-state index contributed by atoms with van der Waals surface area (Å²) in [6.07, 6.45) is 14.6. The summed E-state index contributed by atoms with van der Waals surface area (Å²) in [6.45, 7) is 3.23. The maximum absolute atomic E-state index is 5.82. The SMILES string of the molecule is CCCCC1CC2CCC2CCCC1CCN. The number of nitrogens with two attached hydrogens (primary N) is 1. The molecular weight excluding hydrogens is 206 g/mol. The van der Waals surface area contributed by atoms with Crippen LogP contribution in [0.4, 0.5) is 0 Å². The molecule has 0 bridgehead atoms. The Balaban J connectivity index is 1.91. The van der Waals surface area contributed by atoms with E-state index in [0.717, 1.165) is 30.2 Å². The zero-order valence-corrected chi connectivity index (χ0v) is 11.7. The molecule has 1 heteroatoms. The smallest absolute Gasteiger partial charge is 0.00745 e. The van der Waals surface area contributed by atoms with Crippen LogP contribution in [0.5, 0.6) is 0 Å². The maximum Gasteiger partial charge on any atom is -0.00745 e. The van der Waals surface area contributed by atoms with Crippen molar-refractivity contribution in [3.8, 4) is 0 Å². The van der Waals surface area contributed by atoms with E-state index in [1.165, 1.54) is 64.2 Å². The average Bonchev–Trinajstić information content (AvgIpc) is 2.31. The molecule has 0 radical (unpaired) electrons. The first-order chi connectivity index (χ1) is 8.35. The van der Waals surface area contributed by atoms with Crippen molar-refractivity contribution in [1.82, 2.24) is 0 Å². The first-order valence-corrected chi connectivity index (χ1v) is 8.05. The molecule has 0 amide bonds. The van der Waals surface area contributed by atoms with E-state index in [4.69, 9.17) is 5.73 Å². The zero-order valence-electron chi connectivity index (χ0n) is 11.7. The molecule has 100 valence electrons. The van der Waals surface area contributed by atoms with Gasteiger partial charge in [0.25, 0.3) is 0 Å². The Morgan fingerprint density at radius 2 is 1.76 bits per heavy atom. The minimum atomic E-state index is 0.904. The molecule has 0 aromatic carbocycles. The lowest BCUT2D eigenvalue weighted by atomic mass is 9.62. The maximum atomic E-state index is 5.82. The molecule has 0 aromatic rings. The molecule has 2 N–H and O–H groups in total. The Morgan fingerprint density at radius 3 is 2.41 bits per heavy atom. The summed E-state index contributed by atoms with van der Waals surface area (Å²) in [5.74, 6) is 4.16. The van der Waals surface area contributed by atoms with Gasteiger partial charge in [-0.1, -0.05) is 45.4 Å². The fourth-order valence-corrected chi connectivity index (χ4v) is 4.20. The van der Waals surface area contributed by atoms with E-state index in [2.05, 4.69) is 6.92 Å². The predicted octanol–water partition coefficient (Wildman–Crippen LogP) is 4.36. The van der Waals surface area contributed by atoms with E-state index in [1.54, 1.807) is 0 Å². The Bertz CT molecular complexity index is 214. The van der Waals surface area contributed by atoms with Crippen molar-refractivity contribution in [3.05, 3.63) is 0 Å². The Hall–Kier alpha value is -0.0400. The van der Waals surface area contributed by atoms with E-state index >= 15 is 0 Å². The van der Waals surface area contributed by atoms with Gasteiger partial charge in [0, 0.05) is 0 Å². The van der Waals surface area contributed by atoms with Crippen molar-refractivity contribution in [3.63, 3.8) is 0 Å². The normalized spacial score (nSPS) is 37.8. The van der Waals surface area contributed by atoms with Gasteiger partial charge >= 0.3 is 0 Å². The minimum Gasteiger partial charge on any atom is -0.330 e. The van der Waals surface area contributed by atoms with Gasteiger partial charge in [0.1, 0.15) is 0 Å². The van der Waals surface area contributed by atoms with Gasteiger partial charge in [-0.05, 0) is 55.9 Å². The number of rotatable bonds is 5. The van der Waals surface area contributed by atoms with Crippen LogP contribution in [0.1, 0.15) is 71.1 Å². The second-order valence-corrected chi connectivity index (χ2v) is 6.50. The quantitative estimate of drug-likeness (QED) is 0.755. The average molecular weight is 237 g/mol. The highest BCUT2D eigenvalue weighted by atomic mass is 14.5. The van der Waals surface area contributed by atoms with Gasteiger partial charge in [-0.25, -0.2) is 0 Å². The van der Waals surface area contributed by atoms with Crippen LogP contribution in [0.25, 0.3) is 0 Å². The molecule has 2 rings (SSSR count). The van der Waals surface area contributed by atoms with E-state index in [9.17, 15) is 0 Å². The molecule has 4 unspecified atom stereocenters. The molecule has 0 heterocycles. The van der Waals surface area contributed by atoms with Crippen LogP contribution in [0.3, 0.4) is 0 Å². The van der Waals surface area contributed by atoms with Crippen LogP contribution in [0.2, 0.25) is 0 Å². The Labute approximate surface area is 108 Å². The molecule has 1 nitrogen and oxygen atoms in total. The number of fused-ring (bicyclic) bond motifs is 1. The van der Waals surface area contributed by atoms with Crippen LogP contribution in [-0.4, -0.2) is 6.54 Å². The summed E-state index contributed by atoms with van der Waals surface area (Å²) in [6, 6.07) is 0. The van der Waals surface area contributed by atoms with Crippen molar-refractivity contribution in [2.24, 2.45) is 29.4 Å². The second-order valence-electron chi connectivity index (χ2n) is 6.50. The minimum absolute atomic E-state index is 0.904. The highest BCUT2D eigenvalue weighted by Gasteiger charge is 2.35. The summed E-state index contributed by atoms with van der Waals surface area (Å²) in [5.41, 5.74) is 5.82. The molecule has 2 saturated carbocycles. The lowest BCUT2D eigenvalue weighted by Crippen LogP contribution is -2.33. The van der Waals surface area contributed by atoms with E-state index < -0.39 is 0 Å². The van der Waals surface area contributed by atoms with E-state index in [1.807, 2.05) is 0 Å². The topological polar surface area (TPSA) is 26.0 Å². The zero-order chi connectivity index (χ0) is 12.1. The highest BCUT2D eigenvalue weighted by Crippen LogP contribution is 2.47. The largest absolute Gasteiger partial charge is 0.330 e. The van der Waals surface area contributed by atoms with Crippen LogP contribution in [0.15, 0.2) is 0 Å². The van der Waals surface area contributed by atoms with Gasteiger partial charge in [-0.2, -0.15) is 0 Å². The Morgan fingerprint density at radius 1 is 0.941 bits per heavy atom. The lowest BCUT2D eigenvalue weighted by Gasteiger charge is -2.43. The van der Waals surface area contributed by atoms with Gasteiger partial charge in [-0.3, -0.25) is 0 Å². The first-order valence-electron chi connectivity index (χ1n) is 8.05. The van der Waals surface area contributed by atoms with E-state index in [-0.39, 0.29) is 0 Å². The number of hydrogen-bond acceptors (Lipinski definition) is 1. The molecule has 2 fully saturated rings. The third kappa shape index (κ3) is 3.47. The summed E-state index contributed by atoms with van der Waals surface area (Å²) in [4.78, 5) is 0. The lowest BCUT2D eigenvalue weighted by molar-refractivity contribution is 0.0793. The molecule has 4 atom stereocenters. The fraction of sp³-hybridized carbons (Fsp3) is 1.00. The van der Waals surface area contributed by atoms with Gasteiger partial charge in [0.15, 0.2) is 0 Å². The molecule has 0 aliphatic heterocycles. The van der Waals surface area contributed by atoms with Crippen molar-refractivity contribution < 1.29 is 0 Å². The van der Waals surface area contributed by atoms with Gasteiger partial charge < -0.3 is 5.73 Å². The van der Waals surface area contributed by atoms with Crippen LogP contribution in [-0.2, 0) is 0 Å². The molecule has 2 aliphatic rings.